The molecule has 20 heavy (non-hydrogen) atoms. The number of hydrazine groups is 1. The van der Waals surface area contributed by atoms with Crippen LogP contribution in [-0.4, -0.2) is 19.4 Å². The number of amides is 1. The second-order valence-corrected chi connectivity index (χ2v) is 5.50. The summed E-state index contributed by atoms with van der Waals surface area (Å²) in [6.45, 7) is 0. The standard InChI is InChI=1S/C10H11N5O3S2/c11-6-5-9(16)14-15-10(19)13-7-1-3-8(4-2-7)20(12,17)18/h1-4H,5H2,(H,14,16)(H2,12,17,18)(H2,13,15,19). The zero-order valence-corrected chi connectivity index (χ0v) is 11.7. The fraction of sp³-hybridized carbons (Fsp3) is 0.100. The van der Waals surface area contributed by atoms with Gasteiger partial charge in [0.25, 0.3) is 5.91 Å². The molecule has 1 amide bonds. The molecule has 8 nitrogen and oxygen atoms in total. The Kier molecular flexibility index (Phi) is 5.39. The molecule has 0 aliphatic carbocycles. The molecule has 0 fully saturated rings. The summed E-state index contributed by atoms with van der Waals surface area (Å²) >= 11 is 4.88. The van der Waals surface area contributed by atoms with Gasteiger partial charge in [0, 0.05) is 5.69 Å². The molecule has 106 valence electrons. The highest BCUT2D eigenvalue weighted by Gasteiger charge is 2.07. The Labute approximate surface area is 121 Å². The molecule has 0 saturated heterocycles. The number of hydrogen-bond acceptors (Lipinski definition) is 5. The summed E-state index contributed by atoms with van der Waals surface area (Å²) in [6, 6.07) is 7.23. The van der Waals surface area contributed by atoms with Crippen molar-refractivity contribution in [1.29, 1.82) is 5.26 Å². The van der Waals surface area contributed by atoms with Crippen molar-refractivity contribution in [3.8, 4) is 6.07 Å². The van der Waals surface area contributed by atoms with E-state index in [1.807, 2.05) is 0 Å². The van der Waals surface area contributed by atoms with E-state index in [2.05, 4.69) is 16.2 Å². The van der Waals surface area contributed by atoms with Crippen LogP contribution < -0.4 is 21.3 Å². The summed E-state index contributed by atoms with van der Waals surface area (Å²) in [6.07, 6.45) is -0.293. The summed E-state index contributed by atoms with van der Waals surface area (Å²) in [4.78, 5) is 11.0. The summed E-state index contributed by atoms with van der Waals surface area (Å²) in [7, 11) is -3.74. The Morgan fingerprint density at radius 2 is 1.90 bits per heavy atom. The molecule has 1 aromatic carbocycles. The first-order chi connectivity index (χ1) is 9.32. The van der Waals surface area contributed by atoms with Crippen molar-refractivity contribution in [1.82, 2.24) is 10.9 Å². The van der Waals surface area contributed by atoms with Gasteiger partial charge in [-0.1, -0.05) is 0 Å². The Balaban J connectivity index is 2.55. The molecular formula is C10H11N5O3S2. The monoisotopic (exact) mass is 313 g/mol. The van der Waals surface area contributed by atoms with E-state index in [0.717, 1.165) is 0 Å². The Morgan fingerprint density at radius 1 is 1.30 bits per heavy atom. The average Bonchev–Trinajstić information content (AvgIpc) is 2.36. The molecule has 1 rings (SSSR count). The molecule has 0 saturated carbocycles. The quantitative estimate of drug-likeness (QED) is 0.438. The molecule has 0 aliphatic rings. The van der Waals surface area contributed by atoms with Gasteiger partial charge >= 0.3 is 0 Å². The number of hydrogen-bond donors (Lipinski definition) is 4. The van der Waals surface area contributed by atoms with Crippen LogP contribution in [0, 0.1) is 11.3 Å². The van der Waals surface area contributed by atoms with Crippen molar-refractivity contribution in [2.24, 2.45) is 5.14 Å². The van der Waals surface area contributed by atoms with Crippen LogP contribution in [0.15, 0.2) is 29.2 Å². The van der Waals surface area contributed by atoms with Gasteiger partial charge in [-0.05, 0) is 36.5 Å². The van der Waals surface area contributed by atoms with Crippen molar-refractivity contribution in [2.75, 3.05) is 5.32 Å². The number of nitriles is 1. The molecule has 10 heteroatoms. The van der Waals surface area contributed by atoms with Gasteiger partial charge in [-0.25, -0.2) is 13.6 Å². The van der Waals surface area contributed by atoms with E-state index in [1.54, 1.807) is 6.07 Å². The predicted molar refractivity (Wildman–Crippen MR) is 75.5 cm³/mol. The molecule has 0 bridgehead atoms. The minimum absolute atomic E-state index is 0.0238. The SMILES string of the molecule is N#CCC(=O)NNC(=S)Nc1ccc(S(N)(=O)=O)cc1. The number of nitrogens with one attached hydrogen (secondary N) is 3. The largest absolute Gasteiger partial charge is 0.331 e. The summed E-state index contributed by atoms with van der Waals surface area (Å²) in [5.74, 6) is -0.527. The molecule has 0 spiro atoms. The van der Waals surface area contributed by atoms with Gasteiger partial charge in [-0.15, -0.1) is 0 Å². The van der Waals surface area contributed by atoms with E-state index in [9.17, 15) is 13.2 Å². The molecule has 0 unspecified atom stereocenters. The molecule has 0 heterocycles. The first-order valence-electron chi connectivity index (χ1n) is 5.18. The number of nitrogens with two attached hydrogens (primary N) is 1. The normalized spacial score (nSPS) is 10.2. The summed E-state index contributed by atoms with van der Waals surface area (Å²) < 4.78 is 22.1. The van der Waals surface area contributed by atoms with E-state index >= 15 is 0 Å². The lowest BCUT2D eigenvalue weighted by Gasteiger charge is -2.10. The van der Waals surface area contributed by atoms with Crippen LogP contribution in [0.2, 0.25) is 0 Å². The predicted octanol–water partition coefficient (Wildman–Crippen LogP) is -0.435. The van der Waals surface area contributed by atoms with Crippen LogP contribution in [0.3, 0.4) is 0 Å². The second-order valence-electron chi connectivity index (χ2n) is 3.53. The van der Waals surface area contributed by atoms with Gasteiger partial charge in [0.15, 0.2) is 5.11 Å². The topological polar surface area (TPSA) is 137 Å². The van der Waals surface area contributed by atoms with E-state index in [4.69, 9.17) is 22.6 Å². The smallest absolute Gasteiger partial charge is 0.252 e. The fourth-order valence-corrected chi connectivity index (χ4v) is 1.82. The molecule has 0 atom stereocenters. The third kappa shape index (κ3) is 5.19. The summed E-state index contributed by atoms with van der Waals surface area (Å²) in [5, 5.41) is 16.0. The lowest BCUT2D eigenvalue weighted by Crippen LogP contribution is -2.43. The van der Waals surface area contributed by atoms with Crippen molar-refractivity contribution in [3.63, 3.8) is 0 Å². The van der Waals surface area contributed by atoms with Gasteiger partial charge in [0.05, 0.1) is 11.0 Å². The first kappa shape index (κ1) is 15.8. The number of rotatable bonds is 3. The van der Waals surface area contributed by atoms with Crippen LogP contribution in [0.25, 0.3) is 0 Å². The van der Waals surface area contributed by atoms with Crippen LogP contribution in [-0.2, 0) is 14.8 Å². The van der Waals surface area contributed by atoms with E-state index in [0.29, 0.717) is 5.69 Å². The third-order valence-electron chi connectivity index (χ3n) is 2.00. The third-order valence-corrected chi connectivity index (χ3v) is 3.13. The van der Waals surface area contributed by atoms with Gasteiger partial charge < -0.3 is 5.32 Å². The molecule has 0 aromatic heterocycles. The van der Waals surface area contributed by atoms with E-state index < -0.39 is 15.9 Å². The summed E-state index contributed by atoms with van der Waals surface area (Å²) in [5.41, 5.74) is 5.10. The maximum atomic E-state index is 11.1. The zero-order valence-electron chi connectivity index (χ0n) is 10.1. The highest BCUT2D eigenvalue weighted by atomic mass is 32.2. The Hall–Kier alpha value is -2.22. The Bertz CT molecular complexity index is 648. The molecule has 1 aromatic rings. The number of thiocarbonyl (C=S) groups is 1. The van der Waals surface area contributed by atoms with Crippen LogP contribution in [0.5, 0.6) is 0 Å². The Morgan fingerprint density at radius 3 is 2.40 bits per heavy atom. The second kappa shape index (κ2) is 6.80. The highest BCUT2D eigenvalue weighted by molar-refractivity contribution is 7.89. The molecule has 5 N–H and O–H groups in total. The lowest BCUT2D eigenvalue weighted by atomic mass is 10.3. The fourth-order valence-electron chi connectivity index (χ4n) is 1.13. The van der Waals surface area contributed by atoms with Crippen LogP contribution in [0.1, 0.15) is 6.42 Å². The lowest BCUT2D eigenvalue weighted by molar-refractivity contribution is -0.120. The number of sulfonamides is 1. The van der Waals surface area contributed by atoms with E-state index in [1.165, 1.54) is 24.3 Å². The van der Waals surface area contributed by atoms with Crippen molar-refractivity contribution in [3.05, 3.63) is 24.3 Å². The van der Waals surface area contributed by atoms with Gasteiger partial charge in [-0.2, -0.15) is 5.26 Å². The number of nitrogens with zero attached hydrogens (tertiary/aromatic N) is 1. The van der Waals surface area contributed by atoms with Crippen molar-refractivity contribution in [2.45, 2.75) is 11.3 Å². The van der Waals surface area contributed by atoms with Gasteiger partial charge in [0.2, 0.25) is 10.0 Å². The van der Waals surface area contributed by atoms with Gasteiger partial charge in [-0.3, -0.25) is 15.6 Å². The molecule has 0 aliphatic heterocycles. The average molecular weight is 313 g/mol. The number of carbonyl (C=O) groups excluding carboxylic acids is 1. The number of carbonyl (C=O) groups is 1. The molecule has 0 radical (unpaired) electrons. The van der Waals surface area contributed by atoms with E-state index in [-0.39, 0.29) is 16.4 Å². The minimum atomic E-state index is -3.74. The number of benzene rings is 1. The number of primary sulfonamides is 1. The number of anilines is 1. The van der Waals surface area contributed by atoms with Crippen molar-refractivity contribution < 1.29 is 13.2 Å². The molecular weight excluding hydrogens is 302 g/mol. The minimum Gasteiger partial charge on any atom is -0.331 e. The first-order valence-corrected chi connectivity index (χ1v) is 7.14. The van der Waals surface area contributed by atoms with Gasteiger partial charge in [0.1, 0.15) is 6.42 Å². The maximum absolute atomic E-state index is 11.1. The highest BCUT2D eigenvalue weighted by Crippen LogP contribution is 2.12. The zero-order chi connectivity index (χ0) is 15.2. The maximum Gasteiger partial charge on any atom is 0.252 e. The van der Waals surface area contributed by atoms with Crippen LogP contribution in [0.4, 0.5) is 5.69 Å². The van der Waals surface area contributed by atoms with Crippen molar-refractivity contribution >= 4 is 38.9 Å². The van der Waals surface area contributed by atoms with Crippen LogP contribution >= 0.6 is 12.2 Å².